The molecule has 0 aliphatic carbocycles. The topological polar surface area (TPSA) is 138 Å². The van der Waals surface area contributed by atoms with Crippen molar-refractivity contribution in [2.75, 3.05) is 56.9 Å². The summed E-state index contributed by atoms with van der Waals surface area (Å²) in [5.41, 5.74) is -2.41. The van der Waals surface area contributed by atoms with Gasteiger partial charge in [0.15, 0.2) is 0 Å². The zero-order valence-electron chi connectivity index (χ0n) is 21.8. The van der Waals surface area contributed by atoms with E-state index in [2.05, 4.69) is 10.6 Å². The smallest absolute Gasteiger partial charge is 0.233 e. The minimum atomic E-state index is -1.28. The molecule has 0 radical (unpaired) electrons. The third kappa shape index (κ3) is 6.25. The van der Waals surface area contributed by atoms with Gasteiger partial charge >= 0.3 is 0 Å². The standard InChI is InChI=1S/C22H44N2O10/c1-27-19(28-2)13-17(25,14-20(23-19,29-3)30-4)11-9-10-12-18(26)15-21(31-5,32-6)24-22(16-18,33-7)34-8/h23-26H,9-16H2,1-8H3. The van der Waals surface area contributed by atoms with Gasteiger partial charge in [0.1, 0.15) is 0 Å². The Bertz CT molecular complexity index is 539. The number of nitrogens with one attached hydrogen (secondary N) is 2. The molecule has 202 valence electrons. The maximum atomic E-state index is 11.5. The lowest BCUT2D eigenvalue weighted by atomic mass is 9.80. The van der Waals surface area contributed by atoms with Crippen molar-refractivity contribution < 1.29 is 48.1 Å². The predicted molar refractivity (Wildman–Crippen MR) is 120 cm³/mol. The molecule has 12 heteroatoms. The van der Waals surface area contributed by atoms with Gasteiger partial charge < -0.3 is 48.1 Å². The van der Waals surface area contributed by atoms with Crippen molar-refractivity contribution in [2.24, 2.45) is 0 Å². The van der Waals surface area contributed by atoms with E-state index in [1.54, 1.807) is 0 Å². The molecule has 0 saturated carbocycles. The predicted octanol–water partition coefficient (Wildman–Crippen LogP) is 0.562. The number of hydrogen-bond donors (Lipinski definition) is 4. The van der Waals surface area contributed by atoms with Gasteiger partial charge in [-0.25, -0.2) is 10.6 Å². The van der Waals surface area contributed by atoms with Gasteiger partial charge in [-0.3, -0.25) is 0 Å². The second-order valence-electron chi connectivity index (χ2n) is 9.26. The van der Waals surface area contributed by atoms with Crippen LogP contribution in [-0.4, -0.2) is 102 Å². The van der Waals surface area contributed by atoms with Crippen LogP contribution in [0.25, 0.3) is 0 Å². The van der Waals surface area contributed by atoms with Gasteiger partial charge in [0.2, 0.25) is 23.6 Å². The number of unbranched alkanes of at least 4 members (excludes halogenated alkanes) is 1. The van der Waals surface area contributed by atoms with Crippen LogP contribution in [0.4, 0.5) is 0 Å². The van der Waals surface area contributed by atoms with E-state index in [4.69, 9.17) is 37.9 Å². The summed E-state index contributed by atoms with van der Waals surface area (Å²) in [4.78, 5) is 0. The van der Waals surface area contributed by atoms with Gasteiger partial charge in [-0.1, -0.05) is 12.8 Å². The summed E-state index contributed by atoms with van der Waals surface area (Å²) >= 11 is 0. The van der Waals surface area contributed by atoms with Gasteiger partial charge in [0.25, 0.3) is 0 Å². The molecule has 0 aromatic rings. The first-order valence-corrected chi connectivity index (χ1v) is 11.4. The molecule has 0 amide bonds. The van der Waals surface area contributed by atoms with Crippen LogP contribution in [-0.2, 0) is 37.9 Å². The number of hydrogen-bond acceptors (Lipinski definition) is 12. The highest BCUT2D eigenvalue weighted by atomic mass is 16.8. The first-order valence-electron chi connectivity index (χ1n) is 11.4. The van der Waals surface area contributed by atoms with Crippen molar-refractivity contribution >= 4 is 0 Å². The van der Waals surface area contributed by atoms with E-state index in [1.165, 1.54) is 56.9 Å². The Hall–Kier alpha value is -0.480. The number of methoxy groups -OCH3 is 8. The van der Waals surface area contributed by atoms with Crippen LogP contribution in [0, 0.1) is 0 Å². The van der Waals surface area contributed by atoms with Crippen LogP contribution in [0.2, 0.25) is 0 Å². The largest absolute Gasteiger partial charge is 0.389 e. The van der Waals surface area contributed by atoms with Crippen LogP contribution in [0.1, 0.15) is 51.4 Å². The molecule has 34 heavy (non-hydrogen) atoms. The summed E-state index contributed by atoms with van der Waals surface area (Å²) < 4.78 is 44.3. The first-order chi connectivity index (χ1) is 15.9. The van der Waals surface area contributed by atoms with Crippen LogP contribution in [0.15, 0.2) is 0 Å². The van der Waals surface area contributed by atoms with Crippen LogP contribution < -0.4 is 10.6 Å². The number of piperidine rings is 2. The Morgan fingerprint density at radius 3 is 0.853 bits per heavy atom. The van der Waals surface area contributed by atoms with Crippen LogP contribution in [0.5, 0.6) is 0 Å². The first kappa shape index (κ1) is 29.7. The Morgan fingerprint density at radius 2 is 0.676 bits per heavy atom. The lowest BCUT2D eigenvalue weighted by Crippen LogP contribution is -2.71. The number of aliphatic hydroxyl groups is 2. The second-order valence-corrected chi connectivity index (χ2v) is 9.26. The lowest BCUT2D eigenvalue weighted by molar-refractivity contribution is -0.371. The van der Waals surface area contributed by atoms with Gasteiger partial charge in [0, 0.05) is 82.6 Å². The van der Waals surface area contributed by atoms with Gasteiger partial charge in [0.05, 0.1) is 11.2 Å². The summed E-state index contributed by atoms with van der Waals surface area (Å²) in [6, 6.07) is 0. The van der Waals surface area contributed by atoms with E-state index >= 15 is 0 Å². The normalized spacial score (nSPS) is 26.3. The Balaban J connectivity index is 2.10. The molecule has 0 bridgehead atoms. The van der Waals surface area contributed by atoms with Crippen LogP contribution in [0.3, 0.4) is 0 Å². The summed E-state index contributed by atoms with van der Waals surface area (Å²) in [6.45, 7) is 0. The third-order valence-electron chi connectivity index (χ3n) is 7.18. The van der Waals surface area contributed by atoms with Gasteiger partial charge in [-0.05, 0) is 12.8 Å². The van der Waals surface area contributed by atoms with Crippen molar-refractivity contribution in [3.05, 3.63) is 0 Å². The molecule has 12 nitrogen and oxygen atoms in total. The van der Waals surface area contributed by atoms with E-state index in [-0.39, 0.29) is 25.7 Å². The van der Waals surface area contributed by atoms with E-state index in [1.807, 2.05) is 0 Å². The quantitative estimate of drug-likeness (QED) is 0.209. The number of rotatable bonds is 13. The van der Waals surface area contributed by atoms with Crippen molar-refractivity contribution in [3.8, 4) is 0 Å². The average molecular weight is 497 g/mol. The molecule has 4 N–H and O–H groups in total. The highest BCUT2D eigenvalue weighted by Gasteiger charge is 2.57. The van der Waals surface area contributed by atoms with Gasteiger partial charge in [-0.15, -0.1) is 0 Å². The highest BCUT2D eigenvalue weighted by molar-refractivity contribution is 4.99. The minimum Gasteiger partial charge on any atom is -0.389 e. The fraction of sp³-hybridized carbons (Fsp3) is 1.00. The lowest BCUT2D eigenvalue weighted by Gasteiger charge is -2.52. The van der Waals surface area contributed by atoms with Crippen molar-refractivity contribution in [1.29, 1.82) is 0 Å². The molecule has 0 aromatic carbocycles. The van der Waals surface area contributed by atoms with Crippen LogP contribution >= 0.6 is 0 Å². The summed E-state index contributed by atoms with van der Waals surface area (Å²) in [7, 11) is 11.9. The molecular weight excluding hydrogens is 452 g/mol. The van der Waals surface area contributed by atoms with Crippen molar-refractivity contribution in [1.82, 2.24) is 10.6 Å². The van der Waals surface area contributed by atoms with Crippen molar-refractivity contribution in [2.45, 2.75) is 86.2 Å². The monoisotopic (exact) mass is 496 g/mol. The van der Waals surface area contributed by atoms with E-state index in [9.17, 15) is 10.2 Å². The third-order valence-corrected chi connectivity index (χ3v) is 7.18. The molecular formula is C22H44N2O10. The summed E-state index contributed by atoms with van der Waals surface area (Å²) in [6.07, 6.45) is 2.71. The summed E-state index contributed by atoms with van der Waals surface area (Å²) in [5, 5.41) is 29.1. The number of ether oxygens (including phenoxy) is 8. The second kappa shape index (κ2) is 11.3. The maximum absolute atomic E-state index is 11.5. The molecule has 2 saturated heterocycles. The SMILES string of the molecule is COC1(OC)CC(O)(CCCCC2(O)CC(OC)(OC)NC(OC)(OC)C2)CC(OC)(OC)N1. The van der Waals surface area contributed by atoms with Crippen molar-refractivity contribution in [3.63, 3.8) is 0 Å². The van der Waals surface area contributed by atoms with E-state index < -0.39 is 34.8 Å². The minimum absolute atomic E-state index is 0.169. The summed E-state index contributed by atoms with van der Waals surface area (Å²) in [5.74, 6) is -5.11. The maximum Gasteiger partial charge on any atom is 0.233 e. The van der Waals surface area contributed by atoms with E-state index in [0.29, 0.717) is 25.7 Å². The molecule has 0 atom stereocenters. The van der Waals surface area contributed by atoms with Gasteiger partial charge in [-0.2, -0.15) is 0 Å². The molecule has 2 aliphatic heterocycles. The zero-order chi connectivity index (χ0) is 25.7. The highest BCUT2D eigenvalue weighted by Crippen LogP contribution is 2.43. The molecule has 0 aromatic heterocycles. The molecule has 2 rings (SSSR count). The Morgan fingerprint density at radius 1 is 0.471 bits per heavy atom. The fourth-order valence-electron chi connectivity index (χ4n) is 5.20. The fourth-order valence-corrected chi connectivity index (χ4v) is 5.20. The Labute approximate surface area is 202 Å². The molecule has 2 aliphatic rings. The molecule has 2 heterocycles. The zero-order valence-corrected chi connectivity index (χ0v) is 21.8. The molecule has 0 spiro atoms. The molecule has 0 unspecified atom stereocenters. The Kier molecular flexibility index (Phi) is 9.87. The molecule has 2 fully saturated rings. The average Bonchev–Trinajstić information content (AvgIpc) is 2.85. The van der Waals surface area contributed by atoms with E-state index in [0.717, 1.165) is 0 Å².